The second kappa shape index (κ2) is 4.78. The lowest BCUT2D eigenvalue weighted by molar-refractivity contribution is 0.100. The van der Waals surface area contributed by atoms with E-state index in [2.05, 4.69) is 12.2 Å². The van der Waals surface area contributed by atoms with Crippen LogP contribution in [0, 0.1) is 0 Å². The maximum Gasteiger partial charge on any atom is 0.248 e. The minimum Gasteiger partial charge on any atom is -0.381 e. The molecule has 86 valence electrons. The van der Waals surface area contributed by atoms with E-state index in [4.69, 9.17) is 5.73 Å². The minimum absolute atomic E-state index is 0.378. The van der Waals surface area contributed by atoms with E-state index in [-0.39, 0.29) is 5.91 Å². The molecule has 2 rings (SSSR count). The maximum absolute atomic E-state index is 10.9. The molecular weight excluding hydrogens is 220 g/mol. The van der Waals surface area contributed by atoms with E-state index < -0.39 is 0 Å². The van der Waals surface area contributed by atoms with Crippen LogP contribution >= 0.6 is 11.8 Å². The Kier molecular flexibility index (Phi) is 3.39. The smallest absolute Gasteiger partial charge is 0.248 e. The summed E-state index contributed by atoms with van der Waals surface area (Å²) in [4.78, 5) is 10.9. The summed E-state index contributed by atoms with van der Waals surface area (Å²) in [6, 6.07) is 7.88. The Morgan fingerprint density at radius 1 is 1.44 bits per heavy atom. The first-order valence-corrected chi connectivity index (χ1v) is 6.48. The van der Waals surface area contributed by atoms with Gasteiger partial charge < -0.3 is 11.1 Å². The van der Waals surface area contributed by atoms with Crippen LogP contribution in [0.3, 0.4) is 0 Å². The fourth-order valence-electron chi connectivity index (χ4n) is 1.88. The van der Waals surface area contributed by atoms with Crippen molar-refractivity contribution in [3.05, 3.63) is 29.8 Å². The molecule has 3 N–H and O–H groups in total. The van der Waals surface area contributed by atoms with Crippen molar-refractivity contribution in [2.24, 2.45) is 5.73 Å². The van der Waals surface area contributed by atoms with Crippen molar-refractivity contribution < 1.29 is 4.79 Å². The summed E-state index contributed by atoms with van der Waals surface area (Å²) in [6.45, 7) is 2.25. The van der Waals surface area contributed by atoms with E-state index >= 15 is 0 Å². The molecule has 4 heteroatoms. The SMILES string of the molecule is CC1CC(Nc2ccc(C(N)=O)cc2)CS1. The van der Waals surface area contributed by atoms with E-state index in [1.165, 1.54) is 6.42 Å². The molecule has 0 spiro atoms. The molecule has 0 radical (unpaired) electrons. The summed E-state index contributed by atoms with van der Waals surface area (Å²) in [7, 11) is 0. The average Bonchev–Trinajstić information content (AvgIpc) is 2.65. The van der Waals surface area contributed by atoms with Crippen LogP contribution in [-0.4, -0.2) is 23.0 Å². The van der Waals surface area contributed by atoms with Gasteiger partial charge in [-0.05, 0) is 30.7 Å². The Balaban J connectivity index is 1.97. The third kappa shape index (κ3) is 2.70. The monoisotopic (exact) mass is 236 g/mol. The van der Waals surface area contributed by atoms with Crippen molar-refractivity contribution >= 4 is 23.4 Å². The van der Waals surface area contributed by atoms with Crippen LogP contribution in [0.2, 0.25) is 0 Å². The zero-order valence-electron chi connectivity index (χ0n) is 9.27. The van der Waals surface area contributed by atoms with Crippen LogP contribution in [0.5, 0.6) is 0 Å². The van der Waals surface area contributed by atoms with Crippen LogP contribution in [0.1, 0.15) is 23.7 Å². The molecule has 16 heavy (non-hydrogen) atoms. The number of hydrogen-bond acceptors (Lipinski definition) is 3. The van der Waals surface area contributed by atoms with Crippen molar-refractivity contribution in [1.29, 1.82) is 0 Å². The highest BCUT2D eigenvalue weighted by Crippen LogP contribution is 2.28. The number of nitrogens with two attached hydrogens (primary N) is 1. The Hall–Kier alpha value is -1.16. The van der Waals surface area contributed by atoms with Gasteiger partial charge in [0.05, 0.1) is 0 Å². The summed E-state index contributed by atoms with van der Waals surface area (Å²) in [5, 5.41) is 4.20. The summed E-state index contributed by atoms with van der Waals surface area (Å²) < 4.78 is 0. The van der Waals surface area contributed by atoms with E-state index in [1.54, 1.807) is 12.1 Å². The quantitative estimate of drug-likeness (QED) is 0.845. The van der Waals surface area contributed by atoms with E-state index in [1.807, 2.05) is 23.9 Å². The van der Waals surface area contributed by atoms with Crippen LogP contribution in [0.25, 0.3) is 0 Å². The summed E-state index contributed by atoms with van der Waals surface area (Å²) >= 11 is 2.00. The Labute approximate surface area is 99.8 Å². The number of anilines is 1. The van der Waals surface area contributed by atoms with Gasteiger partial charge in [0, 0.05) is 28.3 Å². The highest BCUT2D eigenvalue weighted by molar-refractivity contribution is 8.00. The number of carbonyl (C=O) groups excluding carboxylic acids is 1. The molecule has 0 aliphatic carbocycles. The van der Waals surface area contributed by atoms with Gasteiger partial charge >= 0.3 is 0 Å². The highest BCUT2D eigenvalue weighted by atomic mass is 32.2. The van der Waals surface area contributed by atoms with Crippen molar-refractivity contribution in [3.63, 3.8) is 0 Å². The second-order valence-electron chi connectivity index (χ2n) is 4.16. The lowest BCUT2D eigenvalue weighted by atomic mass is 10.1. The predicted octanol–water partition coefficient (Wildman–Crippen LogP) is 2.09. The molecule has 0 saturated carbocycles. The molecular formula is C12H16N2OS. The van der Waals surface area contributed by atoms with Gasteiger partial charge in [-0.3, -0.25) is 4.79 Å². The van der Waals surface area contributed by atoms with Crippen molar-refractivity contribution in [1.82, 2.24) is 0 Å². The summed E-state index contributed by atoms with van der Waals surface area (Å²) in [6.07, 6.45) is 1.20. The van der Waals surface area contributed by atoms with Gasteiger partial charge in [0.2, 0.25) is 5.91 Å². The standard InChI is InChI=1S/C12H16N2OS/c1-8-6-11(7-16-8)14-10-4-2-9(3-5-10)12(13)15/h2-5,8,11,14H,6-7H2,1H3,(H2,13,15). The number of carbonyl (C=O) groups is 1. The number of primary amides is 1. The van der Waals surface area contributed by atoms with Gasteiger partial charge in [-0.25, -0.2) is 0 Å². The molecule has 1 saturated heterocycles. The molecule has 1 aromatic carbocycles. The van der Waals surface area contributed by atoms with Crippen molar-refractivity contribution in [2.45, 2.75) is 24.6 Å². The first-order valence-electron chi connectivity index (χ1n) is 5.43. The number of thioether (sulfide) groups is 1. The van der Waals surface area contributed by atoms with Gasteiger partial charge in [-0.2, -0.15) is 11.8 Å². The minimum atomic E-state index is -0.378. The Morgan fingerprint density at radius 2 is 2.12 bits per heavy atom. The first kappa shape index (κ1) is 11.3. The summed E-state index contributed by atoms with van der Waals surface area (Å²) in [5.41, 5.74) is 6.80. The lowest BCUT2D eigenvalue weighted by Crippen LogP contribution is -2.19. The van der Waals surface area contributed by atoms with Crippen LogP contribution < -0.4 is 11.1 Å². The molecule has 1 aliphatic heterocycles. The van der Waals surface area contributed by atoms with Gasteiger partial charge in [-0.15, -0.1) is 0 Å². The van der Waals surface area contributed by atoms with E-state index in [0.717, 1.165) is 16.7 Å². The van der Waals surface area contributed by atoms with Crippen LogP contribution in [-0.2, 0) is 0 Å². The largest absolute Gasteiger partial charge is 0.381 e. The molecule has 1 aliphatic rings. The number of rotatable bonds is 3. The molecule has 1 fully saturated rings. The lowest BCUT2D eigenvalue weighted by Gasteiger charge is -2.13. The molecule has 0 aromatic heterocycles. The predicted molar refractivity (Wildman–Crippen MR) is 68.9 cm³/mol. The van der Waals surface area contributed by atoms with Crippen molar-refractivity contribution in [3.8, 4) is 0 Å². The van der Waals surface area contributed by atoms with E-state index in [0.29, 0.717) is 11.6 Å². The topological polar surface area (TPSA) is 55.1 Å². The normalized spacial score (nSPS) is 24.3. The molecule has 1 aromatic rings. The van der Waals surface area contributed by atoms with Crippen LogP contribution in [0.15, 0.2) is 24.3 Å². The number of benzene rings is 1. The molecule has 3 nitrogen and oxygen atoms in total. The molecule has 2 atom stereocenters. The van der Waals surface area contributed by atoms with Gasteiger partial charge in [0.25, 0.3) is 0 Å². The van der Waals surface area contributed by atoms with Crippen molar-refractivity contribution in [2.75, 3.05) is 11.1 Å². The fraction of sp³-hybridized carbons (Fsp3) is 0.417. The molecule has 1 amide bonds. The van der Waals surface area contributed by atoms with Gasteiger partial charge in [-0.1, -0.05) is 6.92 Å². The number of hydrogen-bond donors (Lipinski definition) is 2. The Bertz CT molecular complexity index is 377. The third-order valence-corrected chi connectivity index (χ3v) is 4.09. The zero-order valence-corrected chi connectivity index (χ0v) is 10.1. The number of nitrogens with one attached hydrogen (secondary N) is 1. The third-order valence-electron chi connectivity index (χ3n) is 2.74. The summed E-state index contributed by atoms with van der Waals surface area (Å²) in [5.74, 6) is 0.773. The second-order valence-corrected chi connectivity index (χ2v) is 5.63. The zero-order chi connectivity index (χ0) is 11.5. The maximum atomic E-state index is 10.9. The van der Waals surface area contributed by atoms with Crippen LogP contribution in [0.4, 0.5) is 5.69 Å². The molecule has 0 bridgehead atoms. The fourth-order valence-corrected chi connectivity index (χ4v) is 3.03. The van der Waals surface area contributed by atoms with Gasteiger partial charge in [0.1, 0.15) is 0 Å². The molecule has 1 heterocycles. The highest BCUT2D eigenvalue weighted by Gasteiger charge is 2.21. The average molecular weight is 236 g/mol. The molecule has 2 unspecified atom stereocenters. The Morgan fingerprint density at radius 3 is 2.62 bits per heavy atom. The van der Waals surface area contributed by atoms with Gasteiger partial charge in [0.15, 0.2) is 0 Å². The van der Waals surface area contributed by atoms with E-state index in [9.17, 15) is 4.79 Å². The first-order chi connectivity index (χ1) is 7.65. The number of amides is 1.